The van der Waals surface area contributed by atoms with Crippen LogP contribution < -0.4 is 10.2 Å². The topological polar surface area (TPSA) is 33.5 Å². The number of carbonyl (C=O) groups is 1. The molecule has 2 N–H and O–H groups in total. The number of halogens is 1. The first-order chi connectivity index (χ1) is 11.0. The maximum atomic E-state index is 12.5. The average molecular weight is 350 g/mol. The monoisotopic (exact) mass is 349 g/mol. The van der Waals surface area contributed by atoms with Crippen LogP contribution in [0.2, 0.25) is 5.02 Å². The summed E-state index contributed by atoms with van der Waals surface area (Å²) in [6.07, 6.45) is 2.34. The number of aryl methyl sites for hydroxylation is 2. The molecule has 23 heavy (non-hydrogen) atoms. The normalized spacial score (nSPS) is 20.7. The lowest BCUT2D eigenvalue weighted by Crippen LogP contribution is -3.11. The Kier molecular flexibility index (Phi) is 5.05. The van der Waals surface area contributed by atoms with Gasteiger partial charge >= 0.3 is 0 Å². The van der Waals surface area contributed by atoms with Crippen LogP contribution in [0.1, 0.15) is 34.9 Å². The van der Waals surface area contributed by atoms with E-state index in [-0.39, 0.29) is 5.91 Å². The number of rotatable bonds is 4. The second-order valence-corrected chi connectivity index (χ2v) is 7.67. The van der Waals surface area contributed by atoms with Crippen molar-refractivity contribution in [2.75, 3.05) is 18.4 Å². The van der Waals surface area contributed by atoms with E-state index in [1.807, 2.05) is 26.0 Å². The van der Waals surface area contributed by atoms with Crippen LogP contribution in [0, 0.1) is 13.8 Å². The van der Waals surface area contributed by atoms with Crippen LogP contribution in [0.25, 0.3) is 0 Å². The second-order valence-electron chi connectivity index (χ2n) is 6.28. The highest BCUT2D eigenvalue weighted by atomic mass is 35.5. The number of hydrogen-bond donors (Lipinski definition) is 2. The van der Waals surface area contributed by atoms with Gasteiger partial charge in [-0.2, -0.15) is 0 Å². The number of hydrogen-bond acceptors (Lipinski definition) is 2. The van der Waals surface area contributed by atoms with Crippen molar-refractivity contribution in [1.82, 2.24) is 0 Å². The largest absolute Gasteiger partial charge is 0.320 e. The fourth-order valence-electron chi connectivity index (χ4n) is 3.42. The summed E-state index contributed by atoms with van der Waals surface area (Å²) in [6, 6.07) is 8.65. The van der Waals surface area contributed by atoms with Gasteiger partial charge in [-0.05, 0) is 42.5 Å². The van der Waals surface area contributed by atoms with E-state index in [2.05, 4.69) is 22.8 Å². The smallest absolute Gasteiger partial charge is 0.279 e. The van der Waals surface area contributed by atoms with Crippen molar-refractivity contribution in [2.24, 2.45) is 0 Å². The Morgan fingerprint density at radius 2 is 2.26 bits per heavy atom. The Balaban J connectivity index is 1.68. The van der Waals surface area contributed by atoms with Gasteiger partial charge in [-0.1, -0.05) is 23.7 Å². The summed E-state index contributed by atoms with van der Waals surface area (Å²) in [5.41, 5.74) is 2.86. The van der Waals surface area contributed by atoms with Gasteiger partial charge in [-0.3, -0.25) is 4.79 Å². The highest BCUT2D eigenvalue weighted by Crippen LogP contribution is 2.27. The maximum Gasteiger partial charge on any atom is 0.279 e. The molecule has 2 aromatic rings. The Labute approximate surface area is 146 Å². The van der Waals surface area contributed by atoms with Gasteiger partial charge in [0.05, 0.1) is 22.1 Å². The van der Waals surface area contributed by atoms with Crippen LogP contribution in [0.5, 0.6) is 0 Å². The van der Waals surface area contributed by atoms with E-state index in [1.165, 1.54) is 16.2 Å². The van der Waals surface area contributed by atoms with Gasteiger partial charge < -0.3 is 10.2 Å². The highest BCUT2D eigenvalue weighted by molar-refractivity contribution is 7.10. The predicted octanol–water partition coefficient (Wildman–Crippen LogP) is 3.38. The molecule has 1 aromatic carbocycles. The molecule has 1 amide bonds. The summed E-state index contributed by atoms with van der Waals surface area (Å²) in [7, 11) is 0. The molecular weight excluding hydrogens is 328 g/mol. The van der Waals surface area contributed by atoms with E-state index >= 15 is 0 Å². The molecule has 0 radical (unpaired) electrons. The molecule has 3 nitrogen and oxygen atoms in total. The third kappa shape index (κ3) is 3.77. The molecule has 0 saturated carbocycles. The fraction of sp³-hybridized carbons (Fsp3) is 0.389. The SMILES string of the molecule is Cc1cc(C)c(NC(=O)C[NH+]2CCC[C@H]2c2cccs2)c(Cl)c1. The molecule has 0 bridgehead atoms. The Bertz CT molecular complexity index is 676. The molecule has 1 aromatic heterocycles. The molecule has 1 saturated heterocycles. The summed E-state index contributed by atoms with van der Waals surface area (Å²) in [4.78, 5) is 15.2. The quantitative estimate of drug-likeness (QED) is 0.871. The van der Waals surface area contributed by atoms with Gasteiger partial charge in [0, 0.05) is 12.8 Å². The Morgan fingerprint density at radius 3 is 2.96 bits per heavy atom. The molecule has 1 aliphatic rings. The molecule has 0 aliphatic carbocycles. The lowest BCUT2D eigenvalue weighted by Gasteiger charge is -2.20. The minimum Gasteiger partial charge on any atom is -0.320 e. The summed E-state index contributed by atoms with van der Waals surface area (Å²) in [5.74, 6) is 0.0392. The molecule has 2 atom stereocenters. The third-order valence-corrected chi connectivity index (χ3v) is 5.74. The third-order valence-electron chi connectivity index (χ3n) is 4.45. The zero-order valence-electron chi connectivity index (χ0n) is 13.5. The lowest BCUT2D eigenvalue weighted by atomic mass is 10.1. The number of anilines is 1. The molecule has 0 spiro atoms. The number of amides is 1. The second kappa shape index (κ2) is 7.04. The number of thiophene rings is 1. The number of likely N-dealkylation sites (tertiary alicyclic amines) is 1. The van der Waals surface area contributed by atoms with Crippen LogP contribution in [-0.2, 0) is 4.79 Å². The maximum absolute atomic E-state index is 12.5. The average Bonchev–Trinajstić information content (AvgIpc) is 3.13. The number of benzene rings is 1. The van der Waals surface area contributed by atoms with Crippen LogP contribution in [-0.4, -0.2) is 19.0 Å². The van der Waals surface area contributed by atoms with Crippen molar-refractivity contribution in [3.8, 4) is 0 Å². The molecule has 3 rings (SSSR count). The lowest BCUT2D eigenvalue weighted by molar-refractivity contribution is -0.910. The summed E-state index contributed by atoms with van der Waals surface area (Å²) >= 11 is 8.07. The number of nitrogens with one attached hydrogen (secondary N) is 2. The van der Waals surface area contributed by atoms with Crippen molar-refractivity contribution in [3.63, 3.8) is 0 Å². The minimum absolute atomic E-state index is 0.0392. The van der Waals surface area contributed by atoms with E-state index in [4.69, 9.17) is 11.6 Å². The van der Waals surface area contributed by atoms with Crippen molar-refractivity contribution in [3.05, 3.63) is 50.7 Å². The zero-order chi connectivity index (χ0) is 16.4. The molecule has 122 valence electrons. The zero-order valence-corrected chi connectivity index (χ0v) is 15.1. The van der Waals surface area contributed by atoms with Gasteiger partial charge in [0.25, 0.3) is 5.91 Å². The summed E-state index contributed by atoms with van der Waals surface area (Å²) < 4.78 is 0. The molecule has 1 aliphatic heterocycles. The van der Waals surface area contributed by atoms with E-state index < -0.39 is 0 Å². The molecule has 1 unspecified atom stereocenters. The summed E-state index contributed by atoms with van der Waals surface area (Å²) in [6.45, 7) is 5.53. The molecular formula is C18H22ClN2OS+. The number of quaternary nitrogens is 1. The number of carbonyl (C=O) groups excluding carboxylic acids is 1. The van der Waals surface area contributed by atoms with E-state index in [9.17, 15) is 4.79 Å². The van der Waals surface area contributed by atoms with Crippen molar-refractivity contribution < 1.29 is 9.69 Å². The van der Waals surface area contributed by atoms with E-state index in [0.717, 1.165) is 29.8 Å². The van der Waals surface area contributed by atoms with Gasteiger partial charge in [0.2, 0.25) is 0 Å². The van der Waals surface area contributed by atoms with E-state index in [0.29, 0.717) is 17.6 Å². The first kappa shape index (κ1) is 16.5. The van der Waals surface area contributed by atoms with Crippen molar-refractivity contribution >= 4 is 34.5 Å². The Hall–Kier alpha value is -1.36. The standard InChI is InChI=1S/C18H21ClN2OS/c1-12-9-13(2)18(14(19)10-12)20-17(22)11-21-7-3-5-15(21)16-6-4-8-23-16/h4,6,8-10,15H,3,5,7,11H2,1-2H3,(H,20,22)/p+1/t15-/m0/s1. The minimum atomic E-state index is 0.0392. The highest BCUT2D eigenvalue weighted by Gasteiger charge is 2.32. The van der Waals surface area contributed by atoms with Crippen LogP contribution >= 0.6 is 22.9 Å². The van der Waals surface area contributed by atoms with Gasteiger partial charge in [-0.15, -0.1) is 11.3 Å². The fourth-order valence-corrected chi connectivity index (χ4v) is 4.71. The molecule has 5 heteroatoms. The van der Waals surface area contributed by atoms with Crippen LogP contribution in [0.4, 0.5) is 5.69 Å². The summed E-state index contributed by atoms with van der Waals surface area (Å²) in [5, 5.41) is 5.74. The first-order valence-electron chi connectivity index (χ1n) is 7.99. The van der Waals surface area contributed by atoms with Crippen LogP contribution in [0.3, 0.4) is 0 Å². The van der Waals surface area contributed by atoms with Crippen LogP contribution in [0.15, 0.2) is 29.6 Å². The van der Waals surface area contributed by atoms with E-state index in [1.54, 1.807) is 11.3 Å². The van der Waals surface area contributed by atoms with Gasteiger partial charge in [0.1, 0.15) is 6.04 Å². The molecule has 2 heterocycles. The first-order valence-corrected chi connectivity index (χ1v) is 9.25. The van der Waals surface area contributed by atoms with Crippen molar-refractivity contribution in [1.29, 1.82) is 0 Å². The van der Waals surface area contributed by atoms with Crippen molar-refractivity contribution in [2.45, 2.75) is 32.7 Å². The Morgan fingerprint density at radius 1 is 1.43 bits per heavy atom. The molecule has 1 fully saturated rings. The van der Waals surface area contributed by atoms with Gasteiger partial charge in [0.15, 0.2) is 6.54 Å². The van der Waals surface area contributed by atoms with Gasteiger partial charge in [-0.25, -0.2) is 0 Å². The predicted molar refractivity (Wildman–Crippen MR) is 96.5 cm³/mol.